The molecular weight excluding hydrogens is 290 g/mol. The predicted octanol–water partition coefficient (Wildman–Crippen LogP) is 2.17. The van der Waals surface area contributed by atoms with Gasteiger partial charge in [0.2, 0.25) is 0 Å². The van der Waals surface area contributed by atoms with E-state index in [4.69, 9.17) is 9.47 Å². The Kier molecular flexibility index (Phi) is 5.47. The molecule has 2 aliphatic heterocycles. The van der Waals surface area contributed by atoms with E-state index in [9.17, 15) is 0 Å². The average Bonchev–Trinajstić information content (AvgIpc) is 2.58. The fourth-order valence-electron chi connectivity index (χ4n) is 4.59. The number of aliphatic imine (C=N–C) groups is 1. The third-order valence-corrected chi connectivity index (χ3v) is 6.03. The molecule has 5 nitrogen and oxygen atoms in total. The summed E-state index contributed by atoms with van der Waals surface area (Å²) in [4.78, 5) is 4.42. The maximum atomic E-state index is 5.99. The first-order valence-corrected chi connectivity index (χ1v) is 9.29. The number of hydrogen-bond acceptors (Lipinski definition) is 3. The SMILES string of the molecule is CN=C(NCCC1CCOCC1)NC1C2CCCOC2C1(C)C. The summed E-state index contributed by atoms with van der Waals surface area (Å²) in [6, 6.07) is 0.460. The first-order chi connectivity index (χ1) is 11.1. The van der Waals surface area contributed by atoms with Crippen LogP contribution in [0.15, 0.2) is 4.99 Å². The molecule has 23 heavy (non-hydrogen) atoms. The molecule has 1 aliphatic carbocycles. The number of fused-ring (bicyclic) bond motifs is 1. The summed E-state index contributed by atoms with van der Waals surface area (Å²) in [6.45, 7) is 8.39. The lowest BCUT2D eigenvalue weighted by atomic mass is 9.55. The van der Waals surface area contributed by atoms with Crippen LogP contribution in [0.5, 0.6) is 0 Å². The number of rotatable bonds is 4. The molecule has 2 N–H and O–H groups in total. The van der Waals surface area contributed by atoms with Crippen molar-refractivity contribution in [3.05, 3.63) is 0 Å². The Morgan fingerprint density at radius 2 is 1.96 bits per heavy atom. The Bertz CT molecular complexity index is 418. The van der Waals surface area contributed by atoms with Crippen molar-refractivity contribution in [2.45, 2.75) is 58.1 Å². The zero-order chi connectivity index (χ0) is 16.3. The Labute approximate surface area is 140 Å². The van der Waals surface area contributed by atoms with E-state index in [1.54, 1.807) is 0 Å². The summed E-state index contributed by atoms with van der Waals surface area (Å²) >= 11 is 0. The molecule has 2 saturated heterocycles. The van der Waals surface area contributed by atoms with E-state index in [-0.39, 0.29) is 5.41 Å². The molecule has 3 fully saturated rings. The van der Waals surface area contributed by atoms with Crippen LogP contribution in [0.2, 0.25) is 0 Å². The Hall–Kier alpha value is -0.810. The van der Waals surface area contributed by atoms with Crippen molar-refractivity contribution >= 4 is 5.96 Å². The minimum Gasteiger partial charge on any atom is -0.381 e. The first-order valence-electron chi connectivity index (χ1n) is 9.29. The van der Waals surface area contributed by atoms with E-state index in [1.165, 1.54) is 32.1 Å². The summed E-state index contributed by atoms with van der Waals surface area (Å²) < 4.78 is 11.4. The minimum absolute atomic E-state index is 0.184. The van der Waals surface area contributed by atoms with Crippen molar-refractivity contribution in [3.63, 3.8) is 0 Å². The van der Waals surface area contributed by atoms with Crippen molar-refractivity contribution in [2.24, 2.45) is 22.2 Å². The second-order valence-electron chi connectivity index (χ2n) is 7.88. The van der Waals surface area contributed by atoms with Gasteiger partial charge in [0.25, 0.3) is 0 Å². The quantitative estimate of drug-likeness (QED) is 0.615. The standard InChI is InChI=1S/C18H33N3O2/c1-18(2)15(14-5-4-10-23-16(14)18)21-17(19-3)20-9-6-13-7-11-22-12-8-13/h13-16H,4-12H2,1-3H3,(H2,19,20,21). The number of nitrogens with one attached hydrogen (secondary N) is 2. The van der Waals surface area contributed by atoms with Crippen molar-refractivity contribution in [1.82, 2.24) is 10.6 Å². The van der Waals surface area contributed by atoms with Gasteiger partial charge in [-0.2, -0.15) is 0 Å². The Morgan fingerprint density at radius 1 is 1.17 bits per heavy atom. The molecule has 5 heteroatoms. The molecule has 3 atom stereocenters. The van der Waals surface area contributed by atoms with Gasteiger partial charge in [0.1, 0.15) is 0 Å². The van der Waals surface area contributed by atoms with E-state index in [1.807, 2.05) is 7.05 Å². The fraction of sp³-hybridized carbons (Fsp3) is 0.944. The van der Waals surface area contributed by atoms with Crippen LogP contribution < -0.4 is 10.6 Å². The van der Waals surface area contributed by atoms with Crippen LogP contribution in [0.4, 0.5) is 0 Å². The summed E-state index contributed by atoms with van der Waals surface area (Å²) in [5.74, 6) is 2.37. The van der Waals surface area contributed by atoms with Gasteiger partial charge in [-0.25, -0.2) is 0 Å². The summed E-state index contributed by atoms with van der Waals surface area (Å²) in [6.07, 6.45) is 6.47. The molecule has 3 unspecified atom stereocenters. The second kappa shape index (κ2) is 7.39. The third-order valence-electron chi connectivity index (χ3n) is 6.03. The molecular formula is C18H33N3O2. The van der Waals surface area contributed by atoms with Gasteiger partial charge in [-0.3, -0.25) is 4.99 Å². The molecule has 2 heterocycles. The highest BCUT2D eigenvalue weighted by molar-refractivity contribution is 5.80. The van der Waals surface area contributed by atoms with Crippen molar-refractivity contribution in [1.29, 1.82) is 0 Å². The van der Waals surface area contributed by atoms with Crippen LogP contribution in [-0.2, 0) is 9.47 Å². The number of ether oxygens (including phenoxy) is 2. The number of guanidine groups is 1. The zero-order valence-electron chi connectivity index (χ0n) is 14.9. The fourth-order valence-corrected chi connectivity index (χ4v) is 4.59. The van der Waals surface area contributed by atoms with Crippen LogP contribution in [0.1, 0.15) is 46.0 Å². The molecule has 132 valence electrons. The van der Waals surface area contributed by atoms with Gasteiger partial charge < -0.3 is 20.1 Å². The highest BCUT2D eigenvalue weighted by atomic mass is 16.5. The lowest BCUT2D eigenvalue weighted by Gasteiger charge is -2.60. The number of hydrogen-bond donors (Lipinski definition) is 2. The van der Waals surface area contributed by atoms with Gasteiger partial charge in [-0.15, -0.1) is 0 Å². The second-order valence-corrected chi connectivity index (χ2v) is 7.88. The highest BCUT2D eigenvalue weighted by Gasteiger charge is 2.58. The third kappa shape index (κ3) is 3.66. The molecule has 0 amide bonds. The maximum Gasteiger partial charge on any atom is 0.191 e. The van der Waals surface area contributed by atoms with Crippen LogP contribution in [0, 0.1) is 17.3 Å². The molecule has 3 rings (SSSR count). The van der Waals surface area contributed by atoms with Gasteiger partial charge in [0.05, 0.1) is 6.10 Å². The topological polar surface area (TPSA) is 54.9 Å². The Balaban J connectivity index is 1.45. The van der Waals surface area contributed by atoms with Gasteiger partial charge in [0, 0.05) is 50.8 Å². The van der Waals surface area contributed by atoms with Crippen LogP contribution in [-0.4, -0.2) is 51.5 Å². The van der Waals surface area contributed by atoms with E-state index in [2.05, 4.69) is 29.5 Å². The molecule has 0 aromatic rings. The van der Waals surface area contributed by atoms with Gasteiger partial charge in [-0.05, 0) is 38.0 Å². The van der Waals surface area contributed by atoms with Crippen LogP contribution >= 0.6 is 0 Å². The molecule has 0 bridgehead atoms. The lowest BCUT2D eigenvalue weighted by Crippen LogP contribution is -2.71. The van der Waals surface area contributed by atoms with E-state index in [0.29, 0.717) is 18.1 Å². The molecule has 0 aromatic carbocycles. The van der Waals surface area contributed by atoms with E-state index in [0.717, 1.165) is 38.2 Å². The average molecular weight is 323 g/mol. The first kappa shape index (κ1) is 17.0. The van der Waals surface area contributed by atoms with Crippen molar-refractivity contribution < 1.29 is 9.47 Å². The van der Waals surface area contributed by atoms with Gasteiger partial charge in [0.15, 0.2) is 5.96 Å². The smallest absolute Gasteiger partial charge is 0.191 e. The maximum absolute atomic E-state index is 5.99. The molecule has 3 aliphatic rings. The van der Waals surface area contributed by atoms with E-state index >= 15 is 0 Å². The molecule has 0 spiro atoms. The monoisotopic (exact) mass is 323 g/mol. The molecule has 1 saturated carbocycles. The lowest BCUT2D eigenvalue weighted by molar-refractivity contribution is -0.188. The summed E-state index contributed by atoms with van der Waals surface area (Å²) in [5, 5.41) is 7.17. The van der Waals surface area contributed by atoms with Gasteiger partial charge in [-0.1, -0.05) is 13.8 Å². The molecule has 0 radical (unpaired) electrons. The van der Waals surface area contributed by atoms with Crippen molar-refractivity contribution in [2.75, 3.05) is 33.4 Å². The Morgan fingerprint density at radius 3 is 2.70 bits per heavy atom. The van der Waals surface area contributed by atoms with Crippen LogP contribution in [0.3, 0.4) is 0 Å². The van der Waals surface area contributed by atoms with Gasteiger partial charge >= 0.3 is 0 Å². The zero-order valence-corrected chi connectivity index (χ0v) is 14.9. The van der Waals surface area contributed by atoms with Crippen LogP contribution in [0.25, 0.3) is 0 Å². The minimum atomic E-state index is 0.184. The molecule has 0 aromatic heterocycles. The predicted molar refractivity (Wildman–Crippen MR) is 92.7 cm³/mol. The number of nitrogens with zero attached hydrogens (tertiary/aromatic N) is 1. The largest absolute Gasteiger partial charge is 0.381 e. The van der Waals surface area contributed by atoms with Crippen molar-refractivity contribution in [3.8, 4) is 0 Å². The normalized spacial score (nSPS) is 34.4. The summed E-state index contributed by atoms with van der Waals surface area (Å²) in [5.41, 5.74) is 0.184. The summed E-state index contributed by atoms with van der Waals surface area (Å²) in [7, 11) is 1.87. The highest BCUT2D eigenvalue weighted by Crippen LogP contribution is 2.51. The van der Waals surface area contributed by atoms with E-state index < -0.39 is 0 Å².